The van der Waals surface area contributed by atoms with Crippen LogP contribution in [0.4, 0.5) is 0 Å². The number of hydrogen-bond donors (Lipinski definition) is 0. The first-order valence-corrected chi connectivity index (χ1v) is 5.10. The van der Waals surface area contributed by atoms with Crippen molar-refractivity contribution in [2.24, 2.45) is 5.92 Å². The number of hydrogen-bond acceptors (Lipinski definition) is 2. The largest absolute Gasteiger partial charge is 0.371 e. The van der Waals surface area contributed by atoms with E-state index >= 15 is 0 Å². The molecule has 0 aromatic rings. The van der Waals surface area contributed by atoms with E-state index in [1.54, 1.807) is 0 Å². The topological polar surface area (TPSA) is 33.0 Å². The Morgan fingerprint density at radius 2 is 2.31 bits per heavy atom. The molecular formula is C11H19NO. The molecule has 0 amide bonds. The van der Waals surface area contributed by atoms with Gasteiger partial charge in [-0.15, -0.1) is 0 Å². The lowest BCUT2D eigenvalue weighted by Gasteiger charge is -2.22. The number of ether oxygens (including phenoxy) is 1. The Morgan fingerprint density at radius 1 is 1.62 bits per heavy atom. The molecule has 0 bridgehead atoms. The second-order valence-electron chi connectivity index (χ2n) is 4.69. The molecular weight excluding hydrogens is 162 g/mol. The Balaban J connectivity index is 2.40. The Hall–Kier alpha value is -0.550. The summed E-state index contributed by atoms with van der Waals surface area (Å²) < 4.78 is 5.88. The van der Waals surface area contributed by atoms with Crippen molar-refractivity contribution in [2.45, 2.75) is 58.2 Å². The molecule has 0 radical (unpaired) electrons. The maximum atomic E-state index is 8.63. The third-order valence-electron chi connectivity index (χ3n) is 2.63. The monoisotopic (exact) mass is 181 g/mol. The van der Waals surface area contributed by atoms with Crippen LogP contribution in [0, 0.1) is 17.2 Å². The first-order chi connectivity index (χ1) is 6.06. The predicted octanol–water partition coefficient (Wildman–Crippen LogP) is 2.88. The van der Waals surface area contributed by atoms with Gasteiger partial charge < -0.3 is 4.74 Å². The summed E-state index contributed by atoms with van der Waals surface area (Å²) in [6.45, 7) is 6.48. The summed E-state index contributed by atoms with van der Waals surface area (Å²) in [6, 6.07) is 2.20. The standard InChI is InChI=1S/C11H19NO/c1-9(2)8-10-4-5-11(3,13-10)6-7-12/h9-10H,4-6,8H2,1-3H3. The summed E-state index contributed by atoms with van der Waals surface area (Å²) in [5, 5.41) is 8.63. The van der Waals surface area contributed by atoms with Gasteiger partial charge in [0.1, 0.15) is 0 Å². The average molecular weight is 181 g/mol. The minimum Gasteiger partial charge on any atom is -0.371 e. The Labute approximate surface area is 80.9 Å². The van der Waals surface area contributed by atoms with Crippen molar-refractivity contribution in [3.8, 4) is 6.07 Å². The highest BCUT2D eigenvalue weighted by atomic mass is 16.5. The van der Waals surface area contributed by atoms with E-state index in [9.17, 15) is 0 Å². The van der Waals surface area contributed by atoms with E-state index < -0.39 is 0 Å². The lowest BCUT2D eigenvalue weighted by atomic mass is 9.98. The Morgan fingerprint density at radius 3 is 2.85 bits per heavy atom. The highest BCUT2D eigenvalue weighted by Gasteiger charge is 2.35. The molecule has 0 saturated carbocycles. The van der Waals surface area contributed by atoms with Gasteiger partial charge in [0.2, 0.25) is 0 Å². The highest BCUT2D eigenvalue weighted by Crippen LogP contribution is 2.34. The van der Waals surface area contributed by atoms with Crippen LogP contribution in [-0.4, -0.2) is 11.7 Å². The molecule has 1 rings (SSSR count). The van der Waals surface area contributed by atoms with E-state index in [2.05, 4.69) is 26.8 Å². The zero-order valence-corrected chi connectivity index (χ0v) is 8.84. The minimum atomic E-state index is -0.158. The molecule has 2 nitrogen and oxygen atoms in total. The molecule has 0 spiro atoms. The van der Waals surface area contributed by atoms with Crippen LogP contribution in [-0.2, 0) is 4.74 Å². The van der Waals surface area contributed by atoms with Crippen LogP contribution in [0.25, 0.3) is 0 Å². The summed E-state index contributed by atoms with van der Waals surface area (Å²) >= 11 is 0. The van der Waals surface area contributed by atoms with Crippen molar-refractivity contribution in [3.05, 3.63) is 0 Å². The highest BCUT2D eigenvalue weighted by molar-refractivity contribution is 4.92. The average Bonchev–Trinajstić information content (AvgIpc) is 2.31. The zero-order valence-electron chi connectivity index (χ0n) is 8.84. The molecule has 1 aliphatic heterocycles. The minimum absolute atomic E-state index is 0.158. The molecule has 1 aliphatic rings. The van der Waals surface area contributed by atoms with Gasteiger partial charge in [-0.1, -0.05) is 13.8 Å². The van der Waals surface area contributed by atoms with Gasteiger partial charge in [0.15, 0.2) is 0 Å². The number of rotatable bonds is 3. The molecule has 2 heteroatoms. The maximum Gasteiger partial charge on any atom is 0.0788 e. The second-order valence-corrected chi connectivity index (χ2v) is 4.69. The lowest BCUT2D eigenvalue weighted by molar-refractivity contribution is -0.0320. The summed E-state index contributed by atoms with van der Waals surface area (Å²) in [5.41, 5.74) is -0.158. The van der Waals surface area contributed by atoms with Gasteiger partial charge in [-0.05, 0) is 32.1 Å². The molecule has 1 heterocycles. The van der Waals surface area contributed by atoms with Gasteiger partial charge in [-0.3, -0.25) is 0 Å². The Bertz CT molecular complexity index is 207. The van der Waals surface area contributed by atoms with Crippen molar-refractivity contribution in [2.75, 3.05) is 0 Å². The summed E-state index contributed by atoms with van der Waals surface area (Å²) in [4.78, 5) is 0. The maximum absolute atomic E-state index is 8.63. The fourth-order valence-electron chi connectivity index (χ4n) is 1.98. The van der Waals surface area contributed by atoms with Crippen LogP contribution in [0.2, 0.25) is 0 Å². The third-order valence-corrected chi connectivity index (χ3v) is 2.63. The van der Waals surface area contributed by atoms with Crippen molar-refractivity contribution >= 4 is 0 Å². The van der Waals surface area contributed by atoms with Crippen LogP contribution in [0.1, 0.15) is 46.5 Å². The van der Waals surface area contributed by atoms with Crippen molar-refractivity contribution in [3.63, 3.8) is 0 Å². The molecule has 0 N–H and O–H groups in total. The number of nitriles is 1. The van der Waals surface area contributed by atoms with E-state index in [-0.39, 0.29) is 5.60 Å². The van der Waals surface area contributed by atoms with Gasteiger partial charge >= 0.3 is 0 Å². The van der Waals surface area contributed by atoms with Gasteiger partial charge in [-0.25, -0.2) is 0 Å². The van der Waals surface area contributed by atoms with Gasteiger partial charge in [0.25, 0.3) is 0 Å². The summed E-state index contributed by atoms with van der Waals surface area (Å²) in [5.74, 6) is 0.689. The van der Waals surface area contributed by atoms with Crippen molar-refractivity contribution in [1.82, 2.24) is 0 Å². The van der Waals surface area contributed by atoms with E-state index in [1.807, 2.05) is 0 Å². The first kappa shape index (κ1) is 10.5. The van der Waals surface area contributed by atoms with Crippen LogP contribution >= 0.6 is 0 Å². The molecule has 2 unspecified atom stereocenters. The Kier molecular flexibility index (Phi) is 3.33. The normalized spacial score (nSPS) is 33.6. The zero-order chi connectivity index (χ0) is 9.90. The SMILES string of the molecule is CC(C)CC1CCC(C)(CC#N)O1. The third kappa shape index (κ3) is 3.00. The number of nitrogens with zero attached hydrogens (tertiary/aromatic N) is 1. The van der Waals surface area contributed by atoms with Gasteiger partial charge in [0, 0.05) is 0 Å². The summed E-state index contributed by atoms with van der Waals surface area (Å²) in [7, 11) is 0. The van der Waals surface area contributed by atoms with Crippen LogP contribution < -0.4 is 0 Å². The lowest BCUT2D eigenvalue weighted by Crippen LogP contribution is -2.24. The van der Waals surface area contributed by atoms with Crippen molar-refractivity contribution in [1.29, 1.82) is 5.26 Å². The van der Waals surface area contributed by atoms with E-state index in [4.69, 9.17) is 10.00 Å². The molecule has 1 fully saturated rings. The van der Waals surface area contributed by atoms with Crippen LogP contribution in [0.3, 0.4) is 0 Å². The van der Waals surface area contributed by atoms with Gasteiger partial charge in [-0.2, -0.15) is 5.26 Å². The second kappa shape index (κ2) is 4.11. The van der Waals surface area contributed by atoms with Crippen LogP contribution in [0.15, 0.2) is 0 Å². The summed E-state index contributed by atoms with van der Waals surface area (Å²) in [6.07, 6.45) is 4.20. The molecule has 74 valence electrons. The van der Waals surface area contributed by atoms with E-state index in [1.165, 1.54) is 0 Å². The molecule has 0 aromatic heterocycles. The molecule has 1 saturated heterocycles. The van der Waals surface area contributed by atoms with Crippen molar-refractivity contribution < 1.29 is 4.74 Å². The molecule has 13 heavy (non-hydrogen) atoms. The molecule has 0 aliphatic carbocycles. The smallest absolute Gasteiger partial charge is 0.0788 e. The van der Waals surface area contributed by atoms with E-state index in [0.717, 1.165) is 19.3 Å². The quantitative estimate of drug-likeness (QED) is 0.670. The molecule has 0 aromatic carbocycles. The predicted molar refractivity (Wildman–Crippen MR) is 52.2 cm³/mol. The fourth-order valence-corrected chi connectivity index (χ4v) is 1.98. The first-order valence-electron chi connectivity index (χ1n) is 5.10. The van der Waals surface area contributed by atoms with Crippen LogP contribution in [0.5, 0.6) is 0 Å². The van der Waals surface area contributed by atoms with E-state index in [0.29, 0.717) is 18.4 Å². The van der Waals surface area contributed by atoms with Gasteiger partial charge in [0.05, 0.1) is 24.2 Å². The molecule has 2 atom stereocenters. The fraction of sp³-hybridized carbons (Fsp3) is 0.909.